The van der Waals surface area contributed by atoms with Gasteiger partial charge in [-0.05, 0) is 18.8 Å². The van der Waals surface area contributed by atoms with Crippen LogP contribution in [-0.2, 0) is 4.74 Å². The third kappa shape index (κ3) is 1.68. The second kappa shape index (κ2) is 4.28. The highest BCUT2D eigenvalue weighted by Gasteiger charge is 2.38. The number of nitrogens with one attached hydrogen (secondary N) is 1. The number of anilines is 3. The molecule has 1 aromatic rings. The van der Waals surface area contributed by atoms with E-state index in [1.54, 1.807) is 0 Å². The van der Waals surface area contributed by atoms with E-state index in [1.807, 2.05) is 0 Å². The van der Waals surface area contributed by atoms with E-state index in [-0.39, 0.29) is 6.23 Å². The monoisotopic (exact) mass is 249 g/mol. The van der Waals surface area contributed by atoms with Crippen LogP contribution in [0.2, 0.25) is 0 Å². The standard InChI is InChI=1S/C12H19N5O/c1-3-8-7(2)4-9(18-8)17-6-16-10-11(13)14-5-15-12(10)17/h5,7-9,16H,3-4,6H2,1-2H3,(H2,13,14,15). The van der Waals surface area contributed by atoms with Crippen LogP contribution < -0.4 is 16.0 Å². The SMILES string of the molecule is CCC1OC(N2CNc3c(N)ncnc32)CC1C. The molecule has 1 aromatic heterocycles. The van der Waals surface area contributed by atoms with Crippen LogP contribution in [0.15, 0.2) is 6.33 Å². The third-order valence-corrected chi connectivity index (χ3v) is 3.84. The molecule has 6 heteroatoms. The molecule has 2 aliphatic rings. The first-order chi connectivity index (χ1) is 8.70. The van der Waals surface area contributed by atoms with Crippen molar-refractivity contribution in [1.82, 2.24) is 9.97 Å². The summed E-state index contributed by atoms with van der Waals surface area (Å²) in [6.07, 6.45) is 4.02. The summed E-state index contributed by atoms with van der Waals surface area (Å²) in [4.78, 5) is 10.4. The third-order valence-electron chi connectivity index (χ3n) is 3.84. The van der Waals surface area contributed by atoms with E-state index in [2.05, 4.69) is 34.0 Å². The molecule has 1 saturated heterocycles. The number of rotatable bonds is 2. The number of nitrogens with zero attached hydrogens (tertiary/aromatic N) is 3. The minimum Gasteiger partial charge on any atom is -0.382 e. The average molecular weight is 249 g/mol. The van der Waals surface area contributed by atoms with E-state index in [1.165, 1.54) is 6.33 Å². The largest absolute Gasteiger partial charge is 0.382 e. The summed E-state index contributed by atoms with van der Waals surface area (Å²) in [5, 5.41) is 3.24. The van der Waals surface area contributed by atoms with Gasteiger partial charge in [0, 0.05) is 0 Å². The summed E-state index contributed by atoms with van der Waals surface area (Å²) < 4.78 is 6.09. The number of fused-ring (bicyclic) bond motifs is 1. The normalized spacial score (nSPS) is 30.3. The van der Waals surface area contributed by atoms with Crippen molar-refractivity contribution in [2.75, 3.05) is 22.6 Å². The van der Waals surface area contributed by atoms with Gasteiger partial charge in [0.15, 0.2) is 11.6 Å². The quantitative estimate of drug-likeness (QED) is 0.825. The summed E-state index contributed by atoms with van der Waals surface area (Å²) in [7, 11) is 0. The van der Waals surface area contributed by atoms with E-state index in [9.17, 15) is 0 Å². The minimum absolute atomic E-state index is 0.0907. The lowest BCUT2D eigenvalue weighted by Crippen LogP contribution is -2.35. The average Bonchev–Trinajstić information content (AvgIpc) is 2.93. The Morgan fingerprint density at radius 3 is 3.11 bits per heavy atom. The molecule has 3 unspecified atom stereocenters. The summed E-state index contributed by atoms with van der Waals surface area (Å²) in [5.74, 6) is 1.94. The fourth-order valence-corrected chi connectivity index (χ4v) is 2.81. The zero-order valence-corrected chi connectivity index (χ0v) is 10.8. The van der Waals surface area contributed by atoms with Crippen LogP contribution >= 0.6 is 0 Å². The lowest BCUT2D eigenvalue weighted by atomic mass is 10.0. The zero-order valence-electron chi connectivity index (χ0n) is 10.8. The van der Waals surface area contributed by atoms with Gasteiger partial charge in [-0.3, -0.25) is 0 Å². The first-order valence-electron chi connectivity index (χ1n) is 6.47. The van der Waals surface area contributed by atoms with E-state index < -0.39 is 0 Å². The van der Waals surface area contributed by atoms with Crippen molar-refractivity contribution in [1.29, 1.82) is 0 Å². The molecule has 98 valence electrons. The molecule has 0 spiro atoms. The Kier molecular flexibility index (Phi) is 2.74. The number of nitrogens with two attached hydrogens (primary N) is 1. The second-order valence-corrected chi connectivity index (χ2v) is 5.01. The fourth-order valence-electron chi connectivity index (χ4n) is 2.81. The van der Waals surface area contributed by atoms with Crippen molar-refractivity contribution >= 4 is 17.3 Å². The molecular weight excluding hydrogens is 230 g/mol. The molecule has 3 atom stereocenters. The van der Waals surface area contributed by atoms with Crippen LogP contribution in [0.3, 0.4) is 0 Å². The highest BCUT2D eigenvalue weighted by atomic mass is 16.5. The molecule has 3 rings (SSSR count). The highest BCUT2D eigenvalue weighted by molar-refractivity contribution is 5.79. The molecule has 3 N–H and O–H groups in total. The molecule has 0 aromatic carbocycles. The summed E-state index contributed by atoms with van der Waals surface area (Å²) >= 11 is 0. The molecule has 0 bridgehead atoms. The highest BCUT2D eigenvalue weighted by Crippen LogP contribution is 2.38. The number of hydrogen-bond donors (Lipinski definition) is 2. The molecule has 18 heavy (non-hydrogen) atoms. The van der Waals surface area contributed by atoms with Crippen molar-refractivity contribution in [2.45, 2.75) is 39.0 Å². The molecule has 0 aliphatic carbocycles. The van der Waals surface area contributed by atoms with Crippen LogP contribution in [0.25, 0.3) is 0 Å². The van der Waals surface area contributed by atoms with Gasteiger partial charge in [0.1, 0.15) is 18.2 Å². The number of hydrogen-bond acceptors (Lipinski definition) is 6. The van der Waals surface area contributed by atoms with Crippen LogP contribution in [0, 0.1) is 5.92 Å². The molecule has 1 fully saturated rings. The Balaban J connectivity index is 1.83. The van der Waals surface area contributed by atoms with Gasteiger partial charge in [0.05, 0.1) is 12.8 Å². The molecule has 6 nitrogen and oxygen atoms in total. The van der Waals surface area contributed by atoms with Gasteiger partial charge in [0.25, 0.3) is 0 Å². The van der Waals surface area contributed by atoms with E-state index in [0.29, 0.717) is 24.5 Å². The minimum atomic E-state index is 0.0907. The zero-order chi connectivity index (χ0) is 12.7. The number of aromatic nitrogens is 2. The van der Waals surface area contributed by atoms with E-state index in [0.717, 1.165) is 24.3 Å². The van der Waals surface area contributed by atoms with Gasteiger partial charge in [-0.25, -0.2) is 9.97 Å². The lowest BCUT2D eigenvalue weighted by Gasteiger charge is -2.24. The Labute approximate surface area is 107 Å². The Morgan fingerprint density at radius 2 is 2.39 bits per heavy atom. The van der Waals surface area contributed by atoms with Gasteiger partial charge in [0.2, 0.25) is 0 Å². The number of nitrogen functional groups attached to an aromatic ring is 1. The predicted molar refractivity (Wildman–Crippen MR) is 70.1 cm³/mol. The molecule has 0 saturated carbocycles. The van der Waals surface area contributed by atoms with Crippen LogP contribution in [0.5, 0.6) is 0 Å². The van der Waals surface area contributed by atoms with Gasteiger partial charge in [-0.1, -0.05) is 13.8 Å². The van der Waals surface area contributed by atoms with Crippen molar-refractivity contribution in [3.63, 3.8) is 0 Å². The van der Waals surface area contributed by atoms with Crippen LogP contribution in [0.1, 0.15) is 26.7 Å². The van der Waals surface area contributed by atoms with Gasteiger partial charge >= 0.3 is 0 Å². The molecular formula is C12H19N5O. The van der Waals surface area contributed by atoms with Gasteiger partial charge < -0.3 is 20.7 Å². The van der Waals surface area contributed by atoms with Gasteiger partial charge in [-0.2, -0.15) is 0 Å². The Bertz CT molecular complexity index is 452. The molecule has 0 amide bonds. The molecule has 0 radical (unpaired) electrons. The molecule has 2 aliphatic heterocycles. The van der Waals surface area contributed by atoms with Gasteiger partial charge in [-0.15, -0.1) is 0 Å². The predicted octanol–water partition coefficient (Wildman–Crippen LogP) is 1.41. The Hall–Kier alpha value is -1.56. The van der Waals surface area contributed by atoms with Crippen LogP contribution in [0.4, 0.5) is 17.3 Å². The van der Waals surface area contributed by atoms with E-state index >= 15 is 0 Å². The Morgan fingerprint density at radius 1 is 1.56 bits per heavy atom. The fraction of sp³-hybridized carbons (Fsp3) is 0.667. The summed E-state index contributed by atoms with van der Waals surface area (Å²) in [6, 6.07) is 0. The first kappa shape index (κ1) is 11.5. The van der Waals surface area contributed by atoms with Crippen molar-refractivity contribution in [3.8, 4) is 0 Å². The maximum absolute atomic E-state index is 6.09. The second-order valence-electron chi connectivity index (χ2n) is 5.01. The summed E-state index contributed by atoms with van der Waals surface area (Å²) in [6.45, 7) is 5.10. The van der Waals surface area contributed by atoms with E-state index in [4.69, 9.17) is 10.5 Å². The molecule has 3 heterocycles. The summed E-state index contributed by atoms with van der Waals surface area (Å²) in [5.41, 5.74) is 6.66. The maximum Gasteiger partial charge on any atom is 0.161 e. The number of ether oxygens (including phenoxy) is 1. The lowest BCUT2D eigenvalue weighted by molar-refractivity contribution is 0.0336. The maximum atomic E-state index is 6.09. The van der Waals surface area contributed by atoms with Crippen molar-refractivity contribution in [2.24, 2.45) is 5.92 Å². The van der Waals surface area contributed by atoms with Crippen molar-refractivity contribution < 1.29 is 4.74 Å². The van der Waals surface area contributed by atoms with Crippen molar-refractivity contribution in [3.05, 3.63) is 6.33 Å². The smallest absolute Gasteiger partial charge is 0.161 e. The van der Waals surface area contributed by atoms with Crippen LogP contribution in [-0.4, -0.2) is 29.0 Å². The topological polar surface area (TPSA) is 76.3 Å². The first-order valence-corrected chi connectivity index (χ1v) is 6.47.